The maximum Gasteiger partial charge on any atom is 0.256 e. The van der Waals surface area contributed by atoms with Crippen molar-refractivity contribution >= 4 is 34.6 Å². The zero-order chi connectivity index (χ0) is 19.3. The number of carbonyl (C=O) groups excluding carboxylic acids is 2. The van der Waals surface area contributed by atoms with E-state index in [0.29, 0.717) is 17.2 Å². The lowest BCUT2D eigenvalue weighted by molar-refractivity contribution is 0.102. The SMILES string of the molecule is O=C(Nc1ccccn1)c1ccc(C=CC(=O)c2nc3ccccc3[nH]2)cc1. The van der Waals surface area contributed by atoms with Crippen molar-refractivity contribution in [1.82, 2.24) is 15.0 Å². The number of aromatic amines is 1. The molecule has 2 heterocycles. The number of ketones is 1. The topological polar surface area (TPSA) is 87.7 Å². The molecule has 4 aromatic rings. The monoisotopic (exact) mass is 368 g/mol. The Morgan fingerprint density at radius 2 is 1.71 bits per heavy atom. The number of amides is 1. The lowest BCUT2D eigenvalue weighted by Gasteiger charge is -2.04. The third kappa shape index (κ3) is 3.86. The molecule has 0 aliphatic heterocycles. The van der Waals surface area contributed by atoms with E-state index in [1.807, 2.05) is 24.3 Å². The van der Waals surface area contributed by atoms with Crippen LogP contribution in [0.4, 0.5) is 5.82 Å². The van der Waals surface area contributed by atoms with E-state index in [2.05, 4.69) is 20.3 Å². The number of hydrogen-bond acceptors (Lipinski definition) is 4. The number of pyridine rings is 1. The average Bonchev–Trinajstić information content (AvgIpc) is 3.17. The molecule has 2 N–H and O–H groups in total. The summed E-state index contributed by atoms with van der Waals surface area (Å²) in [6.07, 6.45) is 4.76. The molecule has 0 spiro atoms. The van der Waals surface area contributed by atoms with Gasteiger partial charge in [-0.1, -0.05) is 36.4 Å². The van der Waals surface area contributed by atoms with Crippen molar-refractivity contribution < 1.29 is 9.59 Å². The maximum absolute atomic E-state index is 12.3. The minimum atomic E-state index is -0.243. The van der Waals surface area contributed by atoms with Gasteiger partial charge < -0.3 is 10.3 Å². The lowest BCUT2D eigenvalue weighted by atomic mass is 10.1. The molecule has 0 aliphatic rings. The van der Waals surface area contributed by atoms with Crippen LogP contribution in [0.15, 0.2) is 79.0 Å². The normalized spacial score (nSPS) is 11.0. The molecule has 0 saturated carbocycles. The van der Waals surface area contributed by atoms with Crippen molar-refractivity contribution in [2.45, 2.75) is 0 Å². The van der Waals surface area contributed by atoms with Gasteiger partial charge in [0.05, 0.1) is 11.0 Å². The summed E-state index contributed by atoms with van der Waals surface area (Å²) in [5.41, 5.74) is 2.88. The summed E-state index contributed by atoms with van der Waals surface area (Å²) >= 11 is 0. The summed E-state index contributed by atoms with van der Waals surface area (Å²) in [5, 5.41) is 2.73. The highest BCUT2D eigenvalue weighted by atomic mass is 16.1. The second-order valence-electron chi connectivity index (χ2n) is 6.09. The minimum absolute atomic E-state index is 0.215. The van der Waals surface area contributed by atoms with Crippen LogP contribution in [0.25, 0.3) is 17.1 Å². The summed E-state index contributed by atoms with van der Waals surface area (Å²) < 4.78 is 0. The number of allylic oxidation sites excluding steroid dienone is 1. The van der Waals surface area contributed by atoms with E-state index >= 15 is 0 Å². The summed E-state index contributed by atoms with van der Waals surface area (Å²) in [4.78, 5) is 35.9. The fourth-order valence-corrected chi connectivity index (χ4v) is 2.69. The Morgan fingerprint density at radius 3 is 2.46 bits per heavy atom. The number of fused-ring (bicyclic) bond motifs is 1. The molecule has 136 valence electrons. The minimum Gasteiger partial charge on any atom is -0.335 e. The smallest absolute Gasteiger partial charge is 0.256 e. The molecule has 0 bridgehead atoms. The van der Waals surface area contributed by atoms with Gasteiger partial charge in [-0.15, -0.1) is 0 Å². The zero-order valence-electron chi connectivity index (χ0n) is 14.8. The van der Waals surface area contributed by atoms with Gasteiger partial charge in [-0.3, -0.25) is 9.59 Å². The van der Waals surface area contributed by atoms with E-state index in [-0.39, 0.29) is 11.7 Å². The molecule has 0 unspecified atom stereocenters. The van der Waals surface area contributed by atoms with Gasteiger partial charge in [0.2, 0.25) is 5.78 Å². The molecule has 2 aromatic carbocycles. The molecule has 6 nitrogen and oxygen atoms in total. The number of nitrogens with zero attached hydrogens (tertiary/aromatic N) is 2. The number of aromatic nitrogens is 3. The number of H-pyrrole nitrogens is 1. The number of para-hydroxylation sites is 2. The molecule has 6 heteroatoms. The number of carbonyl (C=O) groups is 2. The second kappa shape index (κ2) is 7.67. The summed E-state index contributed by atoms with van der Waals surface area (Å²) in [6.45, 7) is 0. The lowest BCUT2D eigenvalue weighted by Crippen LogP contribution is -2.12. The molecular formula is C22H16N4O2. The fourth-order valence-electron chi connectivity index (χ4n) is 2.69. The Labute approximate surface area is 161 Å². The number of nitrogens with one attached hydrogen (secondary N) is 2. The Balaban J connectivity index is 1.43. The van der Waals surface area contributed by atoms with E-state index in [1.165, 1.54) is 6.08 Å². The molecule has 4 rings (SSSR count). The zero-order valence-corrected chi connectivity index (χ0v) is 14.8. The van der Waals surface area contributed by atoms with Crippen molar-refractivity contribution in [3.05, 3.63) is 96.0 Å². The van der Waals surface area contributed by atoms with E-state index < -0.39 is 0 Å². The van der Waals surface area contributed by atoms with Crippen molar-refractivity contribution in [1.29, 1.82) is 0 Å². The Morgan fingerprint density at radius 1 is 0.929 bits per heavy atom. The second-order valence-corrected chi connectivity index (χ2v) is 6.09. The predicted molar refractivity (Wildman–Crippen MR) is 108 cm³/mol. The first-order chi connectivity index (χ1) is 13.7. The van der Waals surface area contributed by atoms with E-state index in [9.17, 15) is 9.59 Å². The third-order valence-corrected chi connectivity index (χ3v) is 4.13. The van der Waals surface area contributed by atoms with Gasteiger partial charge in [0, 0.05) is 11.8 Å². The number of imidazole rings is 1. The largest absolute Gasteiger partial charge is 0.335 e. The predicted octanol–water partition coefficient (Wildman–Crippen LogP) is 4.11. The van der Waals surface area contributed by atoms with Crippen LogP contribution in [-0.4, -0.2) is 26.6 Å². The third-order valence-electron chi connectivity index (χ3n) is 4.13. The average molecular weight is 368 g/mol. The van der Waals surface area contributed by atoms with E-state index in [0.717, 1.165) is 16.6 Å². The molecular weight excluding hydrogens is 352 g/mol. The molecule has 0 atom stereocenters. The Hall–Kier alpha value is -4.06. The van der Waals surface area contributed by atoms with Crippen molar-refractivity contribution in [2.75, 3.05) is 5.32 Å². The highest BCUT2D eigenvalue weighted by Crippen LogP contribution is 2.12. The van der Waals surface area contributed by atoms with Crippen LogP contribution in [0.5, 0.6) is 0 Å². The summed E-state index contributed by atoms with van der Waals surface area (Å²) in [6, 6.07) is 19.7. The van der Waals surface area contributed by atoms with Crippen molar-refractivity contribution in [3.8, 4) is 0 Å². The van der Waals surface area contributed by atoms with Gasteiger partial charge in [0.15, 0.2) is 5.82 Å². The van der Waals surface area contributed by atoms with Crippen LogP contribution in [0.2, 0.25) is 0 Å². The van der Waals surface area contributed by atoms with Gasteiger partial charge >= 0.3 is 0 Å². The highest BCUT2D eigenvalue weighted by Gasteiger charge is 2.09. The van der Waals surface area contributed by atoms with Gasteiger partial charge in [-0.05, 0) is 48.0 Å². The van der Waals surface area contributed by atoms with Crippen molar-refractivity contribution in [3.63, 3.8) is 0 Å². The number of benzene rings is 2. The highest BCUT2D eigenvalue weighted by molar-refractivity contribution is 6.06. The first kappa shape index (κ1) is 17.4. The van der Waals surface area contributed by atoms with Crippen LogP contribution in [0, 0.1) is 0 Å². The molecule has 2 aromatic heterocycles. The first-order valence-corrected chi connectivity index (χ1v) is 8.69. The van der Waals surface area contributed by atoms with Gasteiger partial charge in [0.1, 0.15) is 5.82 Å². The standard InChI is InChI=1S/C22H16N4O2/c27-19(21-24-17-5-1-2-6-18(17)25-21)13-10-15-8-11-16(12-9-15)22(28)26-20-7-3-4-14-23-20/h1-14H,(H,24,25)(H,23,26,28). The number of hydrogen-bond donors (Lipinski definition) is 2. The Bertz CT molecular complexity index is 1130. The Kier molecular flexibility index (Phi) is 4.76. The van der Waals surface area contributed by atoms with Gasteiger partial charge in [-0.2, -0.15) is 0 Å². The van der Waals surface area contributed by atoms with Gasteiger partial charge in [-0.25, -0.2) is 9.97 Å². The van der Waals surface area contributed by atoms with Crippen LogP contribution in [-0.2, 0) is 0 Å². The molecule has 1 amide bonds. The quantitative estimate of drug-likeness (QED) is 0.410. The first-order valence-electron chi connectivity index (χ1n) is 8.69. The van der Waals surface area contributed by atoms with E-state index in [4.69, 9.17) is 0 Å². The van der Waals surface area contributed by atoms with Gasteiger partial charge in [0.25, 0.3) is 5.91 Å². The van der Waals surface area contributed by atoms with Crippen LogP contribution >= 0.6 is 0 Å². The fraction of sp³-hybridized carbons (Fsp3) is 0. The van der Waals surface area contributed by atoms with Crippen LogP contribution in [0.1, 0.15) is 26.5 Å². The molecule has 0 radical (unpaired) electrons. The number of anilines is 1. The van der Waals surface area contributed by atoms with Crippen molar-refractivity contribution in [2.24, 2.45) is 0 Å². The van der Waals surface area contributed by atoms with Crippen LogP contribution < -0.4 is 5.32 Å². The summed E-state index contributed by atoms with van der Waals surface area (Å²) in [5.74, 6) is 0.331. The summed E-state index contributed by atoms with van der Waals surface area (Å²) in [7, 11) is 0. The maximum atomic E-state index is 12.3. The molecule has 0 saturated heterocycles. The van der Waals surface area contributed by atoms with E-state index in [1.54, 1.807) is 54.7 Å². The number of rotatable bonds is 5. The molecule has 0 fully saturated rings. The molecule has 28 heavy (non-hydrogen) atoms. The molecule has 0 aliphatic carbocycles. The van der Waals surface area contributed by atoms with Crippen LogP contribution in [0.3, 0.4) is 0 Å².